The lowest BCUT2D eigenvalue weighted by atomic mass is 10.2. The number of ketones is 1. The molecule has 0 spiro atoms. The number of para-hydroxylation sites is 1. The summed E-state index contributed by atoms with van der Waals surface area (Å²) in [5, 5.41) is 2.81. The Morgan fingerprint density at radius 2 is 2.00 bits per heavy atom. The maximum atomic E-state index is 10.9. The van der Waals surface area contributed by atoms with Crippen molar-refractivity contribution >= 4 is 17.5 Å². The van der Waals surface area contributed by atoms with Crippen molar-refractivity contribution in [3.05, 3.63) is 42.4 Å². The lowest BCUT2D eigenvalue weighted by molar-refractivity contribution is -0.111. The third-order valence-electron chi connectivity index (χ3n) is 1.70. The minimum atomic E-state index is -0.133. The van der Waals surface area contributed by atoms with Gasteiger partial charge >= 0.3 is 0 Å². The van der Waals surface area contributed by atoms with E-state index in [-0.39, 0.29) is 5.78 Å². The standard InChI is InChI=1S/C10H7NO/c12-9-6-5-8-3-1-2-4-10(8)11-7-9/h1-6,11H. The molecule has 0 saturated heterocycles. The Balaban J connectivity index is 2.45. The van der Waals surface area contributed by atoms with Gasteiger partial charge in [-0.2, -0.15) is 0 Å². The van der Waals surface area contributed by atoms with Crippen molar-refractivity contribution < 1.29 is 4.79 Å². The molecule has 1 aromatic rings. The summed E-state index contributed by atoms with van der Waals surface area (Å²) in [7, 11) is 0. The van der Waals surface area contributed by atoms with Gasteiger partial charge in [0.05, 0.1) is 0 Å². The van der Waals surface area contributed by atoms with Gasteiger partial charge in [0.1, 0.15) is 0 Å². The van der Waals surface area contributed by atoms with Crippen molar-refractivity contribution in [3.63, 3.8) is 0 Å². The summed E-state index contributed by atoms with van der Waals surface area (Å²) in [6.45, 7) is 2.52. The van der Waals surface area contributed by atoms with Gasteiger partial charge in [-0.05, 0) is 23.8 Å². The SMILES string of the molecule is O=C1[C]Nc2ccccc2C=C1. The molecular formula is C10H7NO. The summed E-state index contributed by atoms with van der Waals surface area (Å²) in [4.78, 5) is 10.9. The Kier molecular flexibility index (Phi) is 1.67. The molecule has 1 N–H and O–H groups in total. The quantitative estimate of drug-likeness (QED) is 0.621. The van der Waals surface area contributed by atoms with Crippen molar-refractivity contribution in [2.24, 2.45) is 0 Å². The Labute approximate surface area is 70.9 Å². The molecule has 1 aliphatic heterocycles. The summed E-state index contributed by atoms with van der Waals surface area (Å²) in [6.07, 6.45) is 3.28. The van der Waals surface area contributed by atoms with Crippen LogP contribution < -0.4 is 5.32 Å². The van der Waals surface area contributed by atoms with Gasteiger partial charge in [0.2, 0.25) is 0 Å². The zero-order valence-electron chi connectivity index (χ0n) is 6.37. The molecule has 2 heteroatoms. The minimum absolute atomic E-state index is 0.133. The lowest BCUT2D eigenvalue weighted by Crippen LogP contribution is -2.01. The zero-order chi connectivity index (χ0) is 8.39. The first-order valence-corrected chi connectivity index (χ1v) is 3.69. The number of hydrogen-bond acceptors (Lipinski definition) is 2. The monoisotopic (exact) mass is 157 g/mol. The molecule has 0 saturated carbocycles. The van der Waals surface area contributed by atoms with E-state index in [1.54, 1.807) is 6.08 Å². The molecule has 2 nitrogen and oxygen atoms in total. The number of hydrogen-bond donors (Lipinski definition) is 1. The molecule has 12 heavy (non-hydrogen) atoms. The molecule has 1 aliphatic rings. The van der Waals surface area contributed by atoms with Crippen LogP contribution in [0.1, 0.15) is 5.56 Å². The van der Waals surface area contributed by atoms with Crippen LogP contribution in [-0.4, -0.2) is 5.78 Å². The Hall–Kier alpha value is -1.57. The highest BCUT2D eigenvalue weighted by molar-refractivity contribution is 6.03. The van der Waals surface area contributed by atoms with E-state index >= 15 is 0 Å². The van der Waals surface area contributed by atoms with Crippen LogP contribution >= 0.6 is 0 Å². The van der Waals surface area contributed by atoms with Gasteiger partial charge in [0.15, 0.2) is 12.3 Å². The van der Waals surface area contributed by atoms with E-state index in [1.807, 2.05) is 24.3 Å². The number of anilines is 1. The number of fused-ring (bicyclic) bond motifs is 1. The number of carbonyl (C=O) groups excluding carboxylic acids is 1. The van der Waals surface area contributed by atoms with Crippen LogP contribution in [0.5, 0.6) is 0 Å². The molecule has 1 heterocycles. The number of nitrogens with one attached hydrogen (secondary N) is 1. The van der Waals surface area contributed by atoms with Gasteiger partial charge in [-0.25, -0.2) is 0 Å². The minimum Gasteiger partial charge on any atom is -0.367 e. The van der Waals surface area contributed by atoms with Crippen LogP contribution in [0.25, 0.3) is 6.08 Å². The van der Waals surface area contributed by atoms with E-state index in [1.165, 1.54) is 6.08 Å². The van der Waals surface area contributed by atoms with E-state index < -0.39 is 0 Å². The molecule has 0 unspecified atom stereocenters. The van der Waals surface area contributed by atoms with Crippen LogP contribution in [0.3, 0.4) is 0 Å². The average Bonchev–Trinajstić information content (AvgIpc) is 2.29. The fraction of sp³-hybridized carbons (Fsp3) is 0. The number of rotatable bonds is 0. The van der Waals surface area contributed by atoms with Crippen LogP contribution in [-0.2, 0) is 4.79 Å². The summed E-state index contributed by atoms with van der Waals surface area (Å²) in [6, 6.07) is 7.70. The molecule has 2 rings (SSSR count). The van der Waals surface area contributed by atoms with Crippen molar-refractivity contribution in [1.82, 2.24) is 0 Å². The summed E-state index contributed by atoms with van der Waals surface area (Å²) < 4.78 is 0. The molecule has 0 fully saturated rings. The maximum absolute atomic E-state index is 10.9. The van der Waals surface area contributed by atoms with Crippen LogP contribution in [0.15, 0.2) is 30.3 Å². The van der Waals surface area contributed by atoms with Gasteiger partial charge in [0.25, 0.3) is 0 Å². The molecule has 58 valence electrons. The third-order valence-corrected chi connectivity index (χ3v) is 1.70. The zero-order valence-corrected chi connectivity index (χ0v) is 6.37. The largest absolute Gasteiger partial charge is 0.367 e. The van der Waals surface area contributed by atoms with Crippen molar-refractivity contribution in [2.75, 3.05) is 5.32 Å². The molecule has 0 amide bonds. The molecular weight excluding hydrogens is 150 g/mol. The highest BCUT2D eigenvalue weighted by atomic mass is 16.1. The van der Waals surface area contributed by atoms with E-state index in [0.29, 0.717) is 0 Å². The Bertz CT molecular complexity index is 341. The fourth-order valence-electron chi connectivity index (χ4n) is 1.09. The van der Waals surface area contributed by atoms with Gasteiger partial charge < -0.3 is 5.32 Å². The lowest BCUT2D eigenvalue weighted by Gasteiger charge is -2.02. The summed E-state index contributed by atoms with van der Waals surface area (Å²) >= 11 is 0. The van der Waals surface area contributed by atoms with Gasteiger partial charge in [-0.3, -0.25) is 4.79 Å². The predicted octanol–water partition coefficient (Wildman–Crippen LogP) is 1.73. The second-order valence-corrected chi connectivity index (χ2v) is 2.53. The first-order chi connectivity index (χ1) is 5.86. The Morgan fingerprint density at radius 1 is 1.17 bits per heavy atom. The summed E-state index contributed by atoms with van der Waals surface area (Å²) in [5.41, 5.74) is 1.93. The normalized spacial score (nSPS) is 14.8. The Morgan fingerprint density at radius 3 is 2.92 bits per heavy atom. The van der Waals surface area contributed by atoms with Crippen molar-refractivity contribution in [1.29, 1.82) is 0 Å². The molecule has 0 aromatic heterocycles. The first-order valence-electron chi connectivity index (χ1n) is 3.69. The fourth-order valence-corrected chi connectivity index (χ4v) is 1.09. The molecule has 0 atom stereocenters. The number of carbonyl (C=O) groups is 1. The molecule has 2 radical (unpaired) electrons. The van der Waals surface area contributed by atoms with Crippen molar-refractivity contribution in [3.8, 4) is 0 Å². The second-order valence-electron chi connectivity index (χ2n) is 2.53. The summed E-state index contributed by atoms with van der Waals surface area (Å²) in [5.74, 6) is -0.133. The van der Waals surface area contributed by atoms with Gasteiger partial charge in [-0.1, -0.05) is 18.2 Å². The van der Waals surface area contributed by atoms with Gasteiger partial charge in [-0.15, -0.1) is 0 Å². The topological polar surface area (TPSA) is 29.1 Å². The molecule has 0 aliphatic carbocycles. The van der Waals surface area contributed by atoms with E-state index in [9.17, 15) is 4.79 Å². The maximum Gasteiger partial charge on any atom is 0.187 e. The van der Waals surface area contributed by atoms with Gasteiger partial charge in [0, 0.05) is 5.69 Å². The van der Waals surface area contributed by atoms with Crippen LogP contribution in [0.2, 0.25) is 0 Å². The molecule has 1 aromatic carbocycles. The first kappa shape index (κ1) is 7.10. The highest BCUT2D eigenvalue weighted by Crippen LogP contribution is 2.19. The number of benzene rings is 1. The van der Waals surface area contributed by atoms with E-state index in [0.717, 1.165) is 11.3 Å². The predicted molar refractivity (Wildman–Crippen MR) is 47.3 cm³/mol. The smallest absolute Gasteiger partial charge is 0.187 e. The average molecular weight is 157 g/mol. The van der Waals surface area contributed by atoms with Crippen LogP contribution in [0.4, 0.5) is 5.69 Å². The highest BCUT2D eigenvalue weighted by Gasteiger charge is 2.06. The van der Waals surface area contributed by atoms with Crippen LogP contribution in [0, 0.1) is 6.54 Å². The van der Waals surface area contributed by atoms with E-state index in [4.69, 9.17) is 0 Å². The molecule has 0 bridgehead atoms. The van der Waals surface area contributed by atoms with Crippen molar-refractivity contribution in [2.45, 2.75) is 0 Å². The third kappa shape index (κ3) is 1.23. The van der Waals surface area contributed by atoms with E-state index in [2.05, 4.69) is 11.9 Å². The second kappa shape index (κ2) is 2.81.